The molecule has 0 spiro atoms. The number of ether oxygens (including phenoxy) is 1. The van der Waals surface area contributed by atoms with Crippen molar-refractivity contribution in [1.82, 2.24) is 34.6 Å². The lowest BCUT2D eigenvalue weighted by Gasteiger charge is -2.03. The lowest BCUT2D eigenvalue weighted by Crippen LogP contribution is -2.06. The predicted molar refractivity (Wildman–Crippen MR) is 88.3 cm³/mol. The molecule has 0 saturated heterocycles. The summed E-state index contributed by atoms with van der Waals surface area (Å²) < 4.78 is 21.4. The molecule has 1 aromatic carbocycles. The van der Waals surface area contributed by atoms with Crippen molar-refractivity contribution in [3.8, 4) is 5.69 Å². The second-order valence-corrected chi connectivity index (χ2v) is 5.56. The van der Waals surface area contributed by atoms with Crippen LogP contribution in [0.3, 0.4) is 0 Å². The summed E-state index contributed by atoms with van der Waals surface area (Å²) >= 11 is 0. The number of methoxy groups -OCH3 is 1. The summed E-state index contributed by atoms with van der Waals surface area (Å²) in [4.78, 5) is 16.0. The summed E-state index contributed by atoms with van der Waals surface area (Å²) in [6, 6.07) is 5.94. The summed E-state index contributed by atoms with van der Waals surface area (Å²) in [6.45, 7) is 1.92. The highest BCUT2D eigenvalue weighted by Gasteiger charge is 2.21. The second-order valence-electron chi connectivity index (χ2n) is 5.56. The summed E-state index contributed by atoms with van der Waals surface area (Å²) in [7, 11) is 1.29. The molecule has 10 heteroatoms. The number of benzene rings is 1. The van der Waals surface area contributed by atoms with Crippen LogP contribution in [-0.2, 0) is 22.4 Å². The van der Waals surface area contributed by atoms with E-state index in [1.165, 1.54) is 28.4 Å². The van der Waals surface area contributed by atoms with Crippen LogP contribution in [0.2, 0.25) is 0 Å². The van der Waals surface area contributed by atoms with Gasteiger partial charge in [-0.05, 0) is 18.2 Å². The highest BCUT2D eigenvalue weighted by molar-refractivity contribution is 5.82. The molecule has 26 heavy (non-hydrogen) atoms. The molecule has 3 heterocycles. The molecule has 0 aliphatic heterocycles. The van der Waals surface area contributed by atoms with Crippen molar-refractivity contribution in [3.05, 3.63) is 41.6 Å². The van der Waals surface area contributed by atoms with Gasteiger partial charge in [0.25, 0.3) is 5.78 Å². The predicted octanol–water partition coefficient (Wildman–Crippen LogP) is 1.28. The molecule has 0 N–H and O–H groups in total. The summed E-state index contributed by atoms with van der Waals surface area (Å²) in [5, 5.41) is 17.1. The molecule has 9 nitrogen and oxygen atoms in total. The molecule has 0 atom stereocenters. The first-order valence-corrected chi connectivity index (χ1v) is 7.93. The fraction of sp³-hybridized carbons (Fsp3) is 0.250. The van der Waals surface area contributed by atoms with Crippen molar-refractivity contribution in [2.24, 2.45) is 0 Å². The van der Waals surface area contributed by atoms with Crippen molar-refractivity contribution >= 4 is 22.9 Å². The lowest BCUT2D eigenvalue weighted by atomic mass is 10.3. The molecule has 0 unspecified atom stereocenters. The van der Waals surface area contributed by atoms with E-state index in [4.69, 9.17) is 4.74 Å². The van der Waals surface area contributed by atoms with Crippen molar-refractivity contribution in [3.63, 3.8) is 0 Å². The number of aryl methyl sites for hydroxylation is 1. The standard InChI is InChI=1S/C16H14FN7O2/c1-3-12-18-16-20-19-14-11(8-13(25)26-2)21-23(15(14)24(16)22-12)10-6-4-5-9(17)7-10/h4-7H,3,8H2,1-2H3. The van der Waals surface area contributed by atoms with Crippen molar-refractivity contribution in [2.45, 2.75) is 19.8 Å². The molecule has 3 aromatic heterocycles. The van der Waals surface area contributed by atoms with Gasteiger partial charge < -0.3 is 4.74 Å². The Bertz CT molecular complexity index is 1130. The van der Waals surface area contributed by atoms with Gasteiger partial charge in [0.1, 0.15) is 11.5 Å². The van der Waals surface area contributed by atoms with Gasteiger partial charge >= 0.3 is 5.97 Å². The maximum atomic E-state index is 13.7. The largest absolute Gasteiger partial charge is 0.469 e. The number of hydrogen-bond acceptors (Lipinski definition) is 7. The molecule has 0 fully saturated rings. The van der Waals surface area contributed by atoms with E-state index < -0.39 is 11.8 Å². The zero-order chi connectivity index (χ0) is 18.3. The van der Waals surface area contributed by atoms with Crippen LogP contribution in [0.5, 0.6) is 0 Å². The molecule has 0 amide bonds. The zero-order valence-electron chi connectivity index (χ0n) is 14.0. The summed E-state index contributed by atoms with van der Waals surface area (Å²) in [5.74, 6) is 0.0159. The van der Waals surface area contributed by atoms with Gasteiger partial charge in [0.05, 0.1) is 19.2 Å². The van der Waals surface area contributed by atoms with Gasteiger partial charge in [0.15, 0.2) is 17.0 Å². The highest BCUT2D eigenvalue weighted by Crippen LogP contribution is 2.21. The number of nitrogens with zero attached hydrogens (tertiary/aromatic N) is 7. The van der Waals surface area contributed by atoms with Gasteiger partial charge in [-0.2, -0.15) is 14.6 Å². The smallest absolute Gasteiger partial charge is 0.311 e. The fourth-order valence-corrected chi connectivity index (χ4v) is 2.65. The van der Waals surface area contributed by atoms with Crippen LogP contribution in [0.1, 0.15) is 18.4 Å². The van der Waals surface area contributed by atoms with E-state index in [1.54, 1.807) is 12.1 Å². The fourth-order valence-electron chi connectivity index (χ4n) is 2.65. The number of carbonyl (C=O) groups is 1. The third-order valence-electron chi connectivity index (χ3n) is 3.89. The molecule has 132 valence electrons. The SMILES string of the molecule is CCc1nc2nnc3c(CC(=O)OC)nn(-c4cccc(F)c4)c3n2n1. The number of halogens is 1. The lowest BCUT2D eigenvalue weighted by molar-refractivity contribution is -0.139. The summed E-state index contributed by atoms with van der Waals surface area (Å²) in [6.07, 6.45) is 0.527. The number of carbonyl (C=O) groups excluding carboxylic acids is 1. The molecule has 0 saturated carbocycles. The Kier molecular flexibility index (Phi) is 3.79. The third kappa shape index (κ3) is 2.55. The maximum absolute atomic E-state index is 13.7. The number of aromatic nitrogens is 7. The highest BCUT2D eigenvalue weighted by atomic mass is 19.1. The second kappa shape index (κ2) is 6.14. The van der Waals surface area contributed by atoms with Crippen molar-refractivity contribution in [2.75, 3.05) is 7.11 Å². The van der Waals surface area contributed by atoms with E-state index in [2.05, 4.69) is 25.4 Å². The van der Waals surface area contributed by atoms with E-state index in [9.17, 15) is 9.18 Å². The van der Waals surface area contributed by atoms with Crippen LogP contribution < -0.4 is 0 Å². The van der Waals surface area contributed by atoms with Gasteiger partial charge in [-0.1, -0.05) is 13.0 Å². The molecule has 0 aliphatic rings. The van der Waals surface area contributed by atoms with Gasteiger partial charge in [0, 0.05) is 6.42 Å². The average Bonchev–Trinajstić information content (AvgIpc) is 3.22. The van der Waals surface area contributed by atoms with E-state index in [0.717, 1.165) is 0 Å². The molecular formula is C16H14FN7O2. The molecule has 0 radical (unpaired) electrons. The number of esters is 1. The molecule has 0 aliphatic carbocycles. The number of rotatable bonds is 4. The van der Waals surface area contributed by atoms with Crippen LogP contribution in [0.15, 0.2) is 24.3 Å². The molecular weight excluding hydrogens is 341 g/mol. The topological polar surface area (TPSA) is 100 Å². The Hall–Kier alpha value is -3.43. The number of fused-ring (bicyclic) bond motifs is 3. The molecule has 4 aromatic rings. The first-order valence-electron chi connectivity index (χ1n) is 7.93. The van der Waals surface area contributed by atoms with Crippen LogP contribution >= 0.6 is 0 Å². The van der Waals surface area contributed by atoms with Crippen molar-refractivity contribution < 1.29 is 13.9 Å². The first-order chi connectivity index (χ1) is 12.6. The summed E-state index contributed by atoms with van der Waals surface area (Å²) in [5.41, 5.74) is 1.65. The first kappa shape index (κ1) is 16.1. The number of hydrogen-bond donors (Lipinski definition) is 0. The van der Waals surface area contributed by atoms with Gasteiger partial charge in [-0.25, -0.2) is 9.07 Å². The van der Waals surface area contributed by atoms with Gasteiger partial charge in [-0.15, -0.1) is 15.3 Å². The van der Waals surface area contributed by atoms with Crippen LogP contribution in [0.4, 0.5) is 4.39 Å². The maximum Gasteiger partial charge on any atom is 0.311 e. The quantitative estimate of drug-likeness (QED) is 0.508. The van der Waals surface area contributed by atoms with E-state index in [0.29, 0.717) is 40.6 Å². The molecule has 4 rings (SSSR count). The Balaban J connectivity index is 2.04. The average molecular weight is 355 g/mol. The van der Waals surface area contributed by atoms with E-state index in [1.807, 2.05) is 6.92 Å². The Morgan fingerprint density at radius 3 is 2.85 bits per heavy atom. The molecule has 0 bridgehead atoms. The van der Waals surface area contributed by atoms with Crippen molar-refractivity contribution in [1.29, 1.82) is 0 Å². The Morgan fingerprint density at radius 1 is 1.27 bits per heavy atom. The third-order valence-corrected chi connectivity index (χ3v) is 3.89. The monoisotopic (exact) mass is 355 g/mol. The minimum absolute atomic E-state index is 0.0924. The zero-order valence-corrected chi connectivity index (χ0v) is 14.0. The Morgan fingerprint density at radius 2 is 2.12 bits per heavy atom. The minimum atomic E-state index is -0.467. The van der Waals surface area contributed by atoms with Crippen LogP contribution in [0, 0.1) is 5.82 Å². The van der Waals surface area contributed by atoms with Gasteiger partial charge in [0.2, 0.25) is 0 Å². The van der Waals surface area contributed by atoms with Crippen LogP contribution in [-0.4, -0.2) is 47.7 Å². The normalized spacial score (nSPS) is 11.3. The van der Waals surface area contributed by atoms with Gasteiger partial charge in [-0.3, -0.25) is 4.79 Å². The van der Waals surface area contributed by atoms with E-state index >= 15 is 0 Å². The Labute approximate surface area is 146 Å². The van der Waals surface area contributed by atoms with Crippen LogP contribution in [0.25, 0.3) is 22.6 Å². The van der Waals surface area contributed by atoms with E-state index in [-0.39, 0.29) is 6.42 Å². The minimum Gasteiger partial charge on any atom is -0.469 e.